The van der Waals surface area contributed by atoms with Crippen molar-refractivity contribution in [2.24, 2.45) is 0 Å². The molecule has 8 nitrogen and oxygen atoms in total. The smallest absolute Gasteiger partial charge is 0.337 e. The first-order valence-electron chi connectivity index (χ1n) is 11.1. The minimum absolute atomic E-state index is 0.0674. The Labute approximate surface area is 218 Å². The van der Waals surface area contributed by atoms with Gasteiger partial charge in [0.25, 0.3) is 5.91 Å². The number of ketones is 1. The number of aromatic nitrogens is 1. The first kappa shape index (κ1) is 25.4. The summed E-state index contributed by atoms with van der Waals surface area (Å²) in [6, 6.07) is 21.1. The van der Waals surface area contributed by atoms with Gasteiger partial charge in [-0.2, -0.15) is 0 Å². The van der Waals surface area contributed by atoms with Gasteiger partial charge in [0.2, 0.25) is 5.78 Å². The van der Waals surface area contributed by atoms with Gasteiger partial charge in [0, 0.05) is 28.9 Å². The normalized spacial score (nSPS) is 10.5. The molecule has 0 fully saturated rings. The molecule has 0 aliphatic carbocycles. The van der Waals surface area contributed by atoms with Crippen LogP contribution in [0.15, 0.2) is 85.1 Å². The third kappa shape index (κ3) is 5.76. The number of hydrogen-bond donors (Lipinski definition) is 2. The Hall–Kier alpha value is -4.69. The molecule has 186 valence electrons. The Morgan fingerprint density at radius 2 is 1.54 bits per heavy atom. The summed E-state index contributed by atoms with van der Waals surface area (Å²) in [5.74, 6) is -1.64. The molecular formula is C28H22ClN3O5. The van der Waals surface area contributed by atoms with Gasteiger partial charge >= 0.3 is 5.97 Å². The lowest BCUT2D eigenvalue weighted by Crippen LogP contribution is -2.16. The predicted octanol–water partition coefficient (Wildman–Crippen LogP) is 5.69. The number of carbonyl (C=O) groups excluding carboxylic acids is 2. The molecule has 0 atom stereocenters. The minimum atomic E-state index is -1.28. The van der Waals surface area contributed by atoms with E-state index < -0.39 is 17.7 Å². The van der Waals surface area contributed by atoms with E-state index in [1.807, 2.05) is 24.1 Å². The number of amides is 1. The maximum Gasteiger partial charge on any atom is 0.337 e. The van der Waals surface area contributed by atoms with E-state index in [1.54, 1.807) is 54.7 Å². The molecule has 2 N–H and O–H groups in total. The number of nitrogens with zero attached hydrogens (tertiary/aromatic N) is 2. The number of nitrogens with one attached hydrogen (secondary N) is 1. The van der Waals surface area contributed by atoms with Crippen LogP contribution in [0.3, 0.4) is 0 Å². The molecule has 37 heavy (non-hydrogen) atoms. The van der Waals surface area contributed by atoms with Crippen LogP contribution in [0.25, 0.3) is 0 Å². The molecule has 0 aliphatic rings. The highest BCUT2D eigenvalue weighted by Crippen LogP contribution is 2.25. The van der Waals surface area contributed by atoms with E-state index in [2.05, 4.69) is 10.3 Å². The molecule has 4 aromatic rings. The third-order valence-electron chi connectivity index (χ3n) is 5.69. The fourth-order valence-corrected chi connectivity index (χ4v) is 3.71. The third-order valence-corrected chi connectivity index (χ3v) is 5.95. The molecule has 9 heteroatoms. The monoisotopic (exact) mass is 515 g/mol. The van der Waals surface area contributed by atoms with Crippen LogP contribution in [0.4, 0.5) is 17.1 Å². The average Bonchev–Trinajstić information content (AvgIpc) is 2.93. The molecule has 3 aromatic carbocycles. The number of rotatable bonds is 8. The number of aromatic carboxylic acids is 1. The van der Waals surface area contributed by atoms with Crippen LogP contribution in [0.5, 0.6) is 5.75 Å². The van der Waals surface area contributed by atoms with Crippen LogP contribution in [0.1, 0.15) is 36.8 Å². The number of halogens is 1. The number of anilines is 3. The van der Waals surface area contributed by atoms with Crippen LogP contribution in [-0.2, 0) is 0 Å². The first-order chi connectivity index (χ1) is 17.8. The largest absolute Gasteiger partial charge is 0.497 e. The molecule has 0 radical (unpaired) electrons. The summed E-state index contributed by atoms with van der Waals surface area (Å²) in [5, 5.41) is 12.9. The second kappa shape index (κ2) is 10.9. The number of ether oxygens (including phenoxy) is 1. The Balaban J connectivity index is 1.53. The molecule has 0 spiro atoms. The highest BCUT2D eigenvalue weighted by molar-refractivity contribution is 6.30. The minimum Gasteiger partial charge on any atom is -0.497 e. The number of carboxylic acids is 1. The van der Waals surface area contributed by atoms with Crippen LogP contribution in [0, 0.1) is 0 Å². The summed E-state index contributed by atoms with van der Waals surface area (Å²) in [7, 11) is 3.38. The topological polar surface area (TPSA) is 109 Å². The molecule has 0 saturated heterocycles. The van der Waals surface area contributed by atoms with Gasteiger partial charge in [-0.05, 0) is 78.9 Å². The van der Waals surface area contributed by atoms with E-state index in [1.165, 1.54) is 25.3 Å². The number of carboxylic acid groups (broad SMARTS) is 1. The predicted molar refractivity (Wildman–Crippen MR) is 142 cm³/mol. The van der Waals surface area contributed by atoms with Crippen LogP contribution < -0.4 is 15.0 Å². The van der Waals surface area contributed by atoms with Crippen molar-refractivity contribution in [1.29, 1.82) is 0 Å². The molecule has 1 aromatic heterocycles. The molecule has 1 heterocycles. The van der Waals surface area contributed by atoms with Crippen molar-refractivity contribution in [2.75, 3.05) is 24.4 Å². The van der Waals surface area contributed by atoms with Crippen LogP contribution >= 0.6 is 11.6 Å². The van der Waals surface area contributed by atoms with Gasteiger partial charge < -0.3 is 20.1 Å². The second-order valence-corrected chi connectivity index (χ2v) is 8.45. The van der Waals surface area contributed by atoms with Crippen molar-refractivity contribution < 1.29 is 24.2 Å². The summed E-state index contributed by atoms with van der Waals surface area (Å²) in [6.45, 7) is 0. The lowest BCUT2D eigenvalue weighted by molar-refractivity contribution is 0.0698. The lowest BCUT2D eigenvalue weighted by Gasteiger charge is -2.19. The van der Waals surface area contributed by atoms with Gasteiger partial charge in [-0.15, -0.1) is 0 Å². The Kier molecular flexibility index (Phi) is 7.50. The van der Waals surface area contributed by atoms with E-state index in [4.69, 9.17) is 16.3 Å². The van der Waals surface area contributed by atoms with Crippen LogP contribution in [0.2, 0.25) is 5.02 Å². The Morgan fingerprint density at radius 1 is 0.892 bits per heavy atom. The zero-order valence-electron chi connectivity index (χ0n) is 19.9. The zero-order chi connectivity index (χ0) is 26.5. The molecule has 0 aliphatic heterocycles. The summed E-state index contributed by atoms with van der Waals surface area (Å²) in [6.07, 6.45) is 1.56. The highest BCUT2D eigenvalue weighted by atomic mass is 35.5. The number of carbonyl (C=O) groups is 3. The summed E-state index contributed by atoms with van der Waals surface area (Å²) >= 11 is 5.95. The highest BCUT2D eigenvalue weighted by Gasteiger charge is 2.19. The molecule has 0 bridgehead atoms. The van der Waals surface area contributed by atoms with E-state index in [-0.39, 0.29) is 22.5 Å². The van der Waals surface area contributed by atoms with Crippen molar-refractivity contribution in [3.63, 3.8) is 0 Å². The second-order valence-electron chi connectivity index (χ2n) is 8.01. The summed E-state index contributed by atoms with van der Waals surface area (Å²) in [4.78, 5) is 43.7. The number of pyridine rings is 1. The van der Waals surface area contributed by atoms with Crippen molar-refractivity contribution in [1.82, 2.24) is 4.98 Å². The van der Waals surface area contributed by atoms with Crippen molar-refractivity contribution in [2.45, 2.75) is 0 Å². The Morgan fingerprint density at radius 3 is 2.14 bits per heavy atom. The maximum atomic E-state index is 13.0. The van der Waals surface area contributed by atoms with Crippen molar-refractivity contribution in [3.05, 3.63) is 112 Å². The number of methoxy groups -OCH3 is 1. The molecule has 1 amide bonds. The fourth-order valence-electron chi connectivity index (χ4n) is 3.59. The molecule has 0 unspecified atom stereocenters. The molecular weight excluding hydrogens is 494 g/mol. The van der Waals surface area contributed by atoms with E-state index in [0.717, 1.165) is 11.4 Å². The SMILES string of the molecule is COc1ccc(C(=O)Nc2ccc(C(=O)c3ccc(N(C)c4ccc(Cl)cc4)cn3)cc2C(=O)O)cc1. The Bertz CT molecular complexity index is 1450. The number of hydrogen-bond acceptors (Lipinski definition) is 6. The van der Waals surface area contributed by atoms with Gasteiger partial charge in [0.15, 0.2) is 0 Å². The van der Waals surface area contributed by atoms with Gasteiger partial charge in [0.1, 0.15) is 11.4 Å². The zero-order valence-corrected chi connectivity index (χ0v) is 20.7. The van der Waals surface area contributed by atoms with Gasteiger partial charge in [-0.25, -0.2) is 4.79 Å². The standard InChI is InChI=1S/C28H22ClN3O5/c1-32(20-8-6-19(29)7-9-20)21-10-14-25(30-16-21)26(33)18-5-13-24(23(15-18)28(35)36)31-27(34)17-3-11-22(37-2)12-4-17/h3-16H,1-2H3,(H,31,34)(H,35,36). The molecule has 0 saturated carbocycles. The van der Waals surface area contributed by atoms with Crippen LogP contribution in [-0.4, -0.2) is 41.9 Å². The van der Waals surface area contributed by atoms with Crippen molar-refractivity contribution >= 4 is 46.3 Å². The quantitative estimate of drug-likeness (QED) is 0.290. The van der Waals surface area contributed by atoms with E-state index in [9.17, 15) is 19.5 Å². The average molecular weight is 516 g/mol. The van der Waals surface area contributed by atoms with Gasteiger partial charge in [-0.3, -0.25) is 14.6 Å². The fraction of sp³-hybridized carbons (Fsp3) is 0.0714. The molecule has 4 rings (SSSR count). The van der Waals surface area contributed by atoms with Gasteiger partial charge in [0.05, 0.1) is 30.2 Å². The van der Waals surface area contributed by atoms with Gasteiger partial charge in [-0.1, -0.05) is 11.6 Å². The number of benzene rings is 3. The lowest BCUT2D eigenvalue weighted by atomic mass is 10.0. The van der Waals surface area contributed by atoms with E-state index in [0.29, 0.717) is 16.3 Å². The first-order valence-corrected chi connectivity index (χ1v) is 11.5. The summed E-state index contributed by atoms with van der Waals surface area (Å²) in [5.41, 5.74) is 2.10. The maximum absolute atomic E-state index is 13.0. The summed E-state index contributed by atoms with van der Waals surface area (Å²) < 4.78 is 5.08. The van der Waals surface area contributed by atoms with Crippen molar-refractivity contribution in [3.8, 4) is 5.75 Å². The van der Waals surface area contributed by atoms with E-state index >= 15 is 0 Å².